The van der Waals surface area contributed by atoms with Gasteiger partial charge in [0.2, 0.25) is 0 Å². The molecule has 0 amide bonds. The van der Waals surface area contributed by atoms with Crippen molar-refractivity contribution in [2.24, 2.45) is 0 Å². The van der Waals surface area contributed by atoms with Gasteiger partial charge in [-0.15, -0.1) is 0 Å². The minimum atomic E-state index is -0.825. The summed E-state index contributed by atoms with van der Waals surface area (Å²) in [6.07, 6.45) is 23.1. The Morgan fingerprint density at radius 3 is 1.94 bits per heavy atom. The number of esters is 1. The lowest BCUT2D eigenvalue weighted by Gasteiger charge is -2.09. The van der Waals surface area contributed by atoms with Crippen LogP contribution in [0.25, 0.3) is 0 Å². The minimum Gasteiger partial charge on any atom is -0.463 e. The fourth-order valence-electron chi connectivity index (χ4n) is 3.01. The van der Waals surface area contributed by atoms with E-state index in [0.717, 1.165) is 45.1 Å². The van der Waals surface area contributed by atoms with Crippen molar-refractivity contribution in [1.29, 1.82) is 0 Å². The van der Waals surface area contributed by atoms with E-state index in [9.17, 15) is 9.59 Å². The lowest BCUT2D eigenvalue weighted by atomic mass is 10.1. The van der Waals surface area contributed by atoms with Gasteiger partial charge in [-0.1, -0.05) is 69.8 Å². The van der Waals surface area contributed by atoms with E-state index < -0.39 is 18.7 Å². The molecule has 0 N–H and O–H groups in total. The van der Waals surface area contributed by atoms with Crippen LogP contribution < -0.4 is 0 Å². The van der Waals surface area contributed by atoms with Crippen LogP contribution in [-0.2, 0) is 19.0 Å². The summed E-state index contributed by atoms with van der Waals surface area (Å²) < 4.78 is 14.7. The SMILES string of the molecule is CCCCC/C=C\C/C=C\CCCCCCCCOC(=O)COC(=O)OCCCN(C)C. The normalized spacial score (nSPS) is 11.5. The number of allylic oxidation sites excluding steroid dienone is 4. The number of hydrogen-bond donors (Lipinski definition) is 0. The maximum atomic E-state index is 11.6. The van der Waals surface area contributed by atoms with Gasteiger partial charge in [0.25, 0.3) is 0 Å². The van der Waals surface area contributed by atoms with E-state index in [2.05, 4.69) is 31.2 Å². The summed E-state index contributed by atoms with van der Waals surface area (Å²) in [6, 6.07) is 0. The molecule has 0 fully saturated rings. The molecule has 0 unspecified atom stereocenters. The molecule has 0 saturated carbocycles. The van der Waals surface area contributed by atoms with Gasteiger partial charge < -0.3 is 19.1 Å². The Bertz CT molecular complexity index is 502. The fraction of sp³-hybridized carbons (Fsp3) is 0.769. The third kappa shape index (κ3) is 24.4. The number of unbranched alkanes of at least 4 members (excludes halogenated alkanes) is 9. The molecule has 0 atom stereocenters. The highest BCUT2D eigenvalue weighted by molar-refractivity contribution is 5.73. The second kappa shape index (κ2) is 23.8. The Hall–Kier alpha value is -1.82. The van der Waals surface area contributed by atoms with Crippen LogP contribution in [0.3, 0.4) is 0 Å². The molecule has 0 spiro atoms. The molecule has 0 aromatic carbocycles. The van der Waals surface area contributed by atoms with Gasteiger partial charge in [0.15, 0.2) is 6.61 Å². The van der Waals surface area contributed by atoms with Crippen molar-refractivity contribution in [3.8, 4) is 0 Å². The summed E-state index contributed by atoms with van der Waals surface area (Å²) in [4.78, 5) is 24.9. The number of carbonyl (C=O) groups excluding carboxylic acids is 2. The number of rotatable bonds is 21. The van der Waals surface area contributed by atoms with Gasteiger partial charge in [0, 0.05) is 6.54 Å². The average molecular weight is 454 g/mol. The highest BCUT2D eigenvalue weighted by Crippen LogP contribution is 2.08. The predicted molar refractivity (Wildman–Crippen MR) is 131 cm³/mol. The third-order valence-corrected chi connectivity index (χ3v) is 4.89. The molecule has 0 aliphatic heterocycles. The summed E-state index contributed by atoms with van der Waals surface area (Å²) >= 11 is 0. The molecule has 0 aromatic heterocycles. The summed E-state index contributed by atoms with van der Waals surface area (Å²) in [5.41, 5.74) is 0. The van der Waals surface area contributed by atoms with Gasteiger partial charge in [0.1, 0.15) is 0 Å². The summed E-state index contributed by atoms with van der Waals surface area (Å²) in [6.45, 7) is 3.31. The second-order valence-electron chi connectivity index (χ2n) is 8.35. The highest BCUT2D eigenvalue weighted by atomic mass is 16.7. The summed E-state index contributed by atoms with van der Waals surface area (Å²) in [5.74, 6) is -0.530. The first-order valence-electron chi connectivity index (χ1n) is 12.5. The van der Waals surface area contributed by atoms with Gasteiger partial charge in [0.05, 0.1) is 13.2 Å². The Labute approximate surface area is 196 Å². The smallest absolute Gasteiger partial charge is 0.463 e. The molecule has 32 heavy (non-hydrogen) atoms. The van der Waals surface area contributed by atoms with E-state index in [1.807, 2.05) is 19.0 Å². The molecule has 0 aromatic rings. The molecule has 6 nitrogen and oxygen atoms in total. The maximum absolute atomic E-state index is 11.6. The van der Waals surface area contributed by atoms with Gasteiger partial charge in [-0.25, -0.2) is 9.59 Å². The first-order chi connectivity index (χ1) is 15.6. The highest BCUT2D eigenvalue weighted by Gasteiger charge is 2.09. The average Bonchev–Trinajstić information content (AvgIpc) is 2.77. The van der Waals surface area contributed by atoms with Gasteiger partial charge >= 0.3 is 12.1 Å². The van der Waals surface area contributed by atoms with Crippen LogP contribution in [0.1, 0.15) is 90.4 Å². The first kappa shape index (κ1) is 30.2. The van der Waals surface area contributed by atoms with E-state index in [1.54, 1.807) is 0 Å². The molecule has 186 valence electrons. The van der Waals surface area contributed by atoms with Crippen LogP contribution in [0.15, 0.2) is 24.3 Å². The molecule has 0 aliphatic rings. The molecular formula is C26H47NO5. The molecule has 6 heteroatoms. The molecule has 0 bridgehead atoms. The first-order valence-corrected chi connectivity index (χ1v) is 12.5. The van der Waals surface area contributed by atoms with E-state index in [-0.39, 0.29) is 6.61 Å². The van der Waals surface area contributed by atoms with Crippen LogP contribution in [0.2, 0.25) is 0 Å². The Balaban J connectivity index is 3.36. The van der Waals surface area contributed by atoms with Crippen molar-refractivity contribution in [1.82, 2.24) is 4.90 Å². The van der Waals surface area contributed by atoms with Crippen LogP contribution >= 0.6 is 0 Å². The topological polar surface area (TPSA) is 65.1 Å². The lowest BCUT2D eigenvalue weighted by molar-refractivity contribution is -0.148. The minimum absolute atomic E-state index is 0.277. The van der Waals surface area contributed by atoms with Crippen molar-refractivity contribution in [3.05, 3.63) is 24.3 Å². The van der Waals surface area contributed by atoms with Crippen LogP contribution in [0.4, 0.5) is 4.79 Å². The van der Waals surface area contributed by atoms with E-state index in [0.29, 0.717) is 6.61 Å². The quantitative estimate of drug-likeness (QED) is 0.113. The van der Waals surface area contributed by atoms with E-state index in [1.165, 1.54) is 44.9 Å². The molecule has 0 saturated heterocycles. The molecule has 0 aliphatic carbocycles. The largest absolute Gasteiger partial charge is 0.508 e. The van der Waals surface area contributed by atoms with Crippen molar-refractivity contribution in [2.45, 2.75) is 90.4 Å². The third-order valence-electron chi connectivity index (χ3n) is 4.89. The monoisotopic (exact) mass is 453 g/mol. The van der Waals surface area contributed by atoms with Crippen molar-refractivity contribution >= 4 is 12.1 Å². The van der Waals surface area contributed by atoms with Crippen molar-refractivity contribution < 1.29 is 23.8 Å². The Morgan fingerprint density at radius 2 is 1.28 bits per heavy atom. The number of nitrogens with zero attached hydrogens (tertiary/aromatic N) is 1. The van der Waals surface area contributed by atoms with Gasteiger partial charge in [-0.2, -0.15) is 0 Å². The van der Waals surface area contributed by atoms with Crippen molar-refractivity contribution in [3.63, 3.8) is 0 Å². The van der Waals surface area contributed by atoms with Crippen LogP contribution in [-0.4, -0.2) is 57.5 Å². The number of ether oxygens (including phenoxy) is 3. The molecule has 0 heterocycles. The summed E-state index contributed by atoms with van der Waals surface area (Å²) in [5, 5.41) is 0. The lowest BCUT2D eigenvalue weighted by Crippen LogP contribution is -2.19. The van der Waals surface area contributed by atoms with Crippen LogP contribution in [0.5, 0.6) is 0 Å². The van der Waals surface area contributed by atoms with E-state index >= 15 is 0 Å². The standard InChI is InChI=1S/C26H47NO5/c1-4-5-6-7-8-9-10-11-12-13-14-15-16-17-18-19-22-30-25(28)24-32-26(29)31-23-20-21-27(2)3/h8-9,11-12H,4-7,10,13-24H2,1-3H3/b9-8-,12-11-. The van der Waals surface area contributed by atoms with E-state index in [4.69, 9.17) is 14.2 Å². The Kier molecular flexibility index (Phi) is 22.5. The fourth-order valence-corrected chi connectivity index (χ4v) is 3.01. The maximum Gasteiger partial charge on any atom is 0.508 e. The number of carbonyl (C=O) groups is 2. The molecule has 0 rings (SSSR count). The zero-order valence-electron chi connectivity index (χ0n) is 20.8. The Morgan fingerprint density at radius 1 is 0.688 bits per heavy atom. The molecular weight excluding hydrogens is 406 g/mol. The van der Waals surface area contributed by atoms with Gasteiger partial charge in [-0.3, -0.25) is 0 Å². The number of hydrogen-bond acceptors (Lipinski definition) is 6. The predicted octanol–water partition coefficient (Wildman–Crippen LogP) is 6.45. The van der Waals surface area contributed by atoms with Gasteiger partial charge in [-0.05, 0) is 59.0 Å². The summed E-state index contributed by atoms with van der Waals surface area (Å²) in [7, 11) is 3.90. The zero-order valence-corrected chi connectivity index (χ0v) is 20.8. The van der Waals surface area contributed by atoms with Crippen LogP contribution in [0, 0.1) is 0 Å². The molecule has 0 radical (unpaired) electrons. The second-order valence-corrected chi connectivity index (χ2v) is 8.35. The zero-order chi connectivity index (χ0) is 23.7. The van der Waals surface area contributed by atoms with Crippen molar-refractivity contribution in [2.75, 3.05) is 40.5 Å².